The molecule has 102 valence electrons. The predicted octanol–water partition coefficient (Wildman–Crippen LogP) is 2.79. The maximum absolute atomic E-state index is 6.02. The highest BCUT2D eigenvalue weighted by Crippen LogP contribution is 2.19. The maximum atomic E-state index is 6.02. The lowest BCUT2D eigenvalue weighted by Gasteiger charge is -2.09. The molecule has 0 amide bonds. The van der Waals surface area contributed by atoms with E-state index >= 15 is 0 Å². The van der Waals surface area contributed by atoms with Gasteiger partial charge in [0.1, 0.15) is 10.8 Å². The van der Waals surface area contributed by atoms with Gasteiger partial charge in [-0.3, -0.25) is 0 Å². The van der Waals surface area contributed by atoms with Gasteiger partial charge in [0.15, 0.2) is 0 Å². The first-order valence-corrected chi connectivity index (χ1v) is 6.65. The summed E-state index contributed by atoms with van der Waals surface area (Å²) in [5.41, 5.74) is 0. The molecule has 0 atom stereocenters. The third kappa shape index (κ3) is 5.51. The Labute approximate surface area is 113 Å². The van der Waals surface area contributed by atoms with Gasteiger partial charge in [0.05, 0.1) is 6.20 Å². The summed E-state index contributed by atoms with van der Waals surface area (Å²) in [5.74, 6) is 1.29. The van der Waals surface area contributed by atoms with Crippen molar-refractivity contribution in [1.29, 1.82) is 0 Å². The largest absolute Gasteiger partial charge is 0.385 e. The molecule has 1 aromatic rings. The fourth-order valence-electron chi connectivity index (χ4n) is 1.49. The summed E-state index contributed by atoms with van der Waals surface area (Å²) in [6.07, 6.45) is 4.89. The number of anilines is 2. The van der Waals surface area contributed by atoms with Crippen molar-refractivity contribution in [2.75, 3.05) is 37.4 Å². The molecule has 0 radical (unpaired) electrons. The number of hydrogen-bond acceptors (Lipinski definition) is 5. The van der Waals surface area contributed by atoms with Gasteiger partial charge < -0.3 is 15.4 Å². The molecule has 0 aliphatic rings. The quantitative estimate of drug-likeness (QED) is 0.677. The van der Waals surface area contributed by atoms with Gasteiger partial charge in [-0.2, -0.15) is 4.98 Å². The number of unbranched alkanes of at least 4 members (excludes halogenated alkanes) is 2. The van der Waals surface area contributed by atoms with E-state index in [4.69, 9.17) is 16.3 Å². The Hall–Kier alpha value is -1.07. The molecule has 0 saturated carbocycles. The van der Waals surface area contributed by atoms with Crippen LogP contribution in [0.3, 0.4) is 0 Å². The molecule has 1 rings (SSSR count). The van der Waals surface area contributed by atoms with Crippen LogP contribution >= 0.6 is 11.6 Å². The van der Waals surface area contributed by atoms with E-state index in [1.807, 2.05) is 6.92 Å². The summed E-state index contributed by atoms with van der Waals surface area (Å²) in [5, 5.41) is 6.83. The smallest absolute Gasteiger partial charge is 0.224 e. The fraction of sp³-hybridized carbons (Fsp3) is 0.667. The van der Waals surface area contributed by atoms with Gasteiger partial charge in [-0.25, -0.2) is 4.98 Å². The molecule has 1 heterocycles. The molecular formula is C12H21ClN4O. The number of hydrogen-bond donors (Lipinski definition) is 2. The maximum Gasteiger partial charge on any atom is 0.224 e. The molecule has 6 heteroatoms. The average Bonchev–Trinajstić information content (AvgIpc) is 2.37. The second kappa shape index (κ2) is 8.94. The Kier molecular flexibility index (Phi) is 7.44. The van der Waals surface area contributed by atoms with Crippen LogP contribution in [0.4, 0.5) is 11.8 Å². The first-order chi connectivity index (χ1) is 8.77. The van der Waals surface area contributed by atoms with Crippen molar-refractivity contribution in [3.05, 3.63) is 11.2 Å². The van der Waals surface area contributed by atoms with Gasteiger partial charge in [0.2, 0.25) is 5.95 Å². The Morgan fingerprint density at radius 1 is 1.28 bits per heavy atom. The number of halogens is 1. The van der Waals surface area contributed by atoms with Crippen molar-refractivity contribution in [3.8, 4) is 0 Å². The number of methoxy groups -OCH3 is 1. The molecule has 0 saturated heterocycles. The van der Waals surface area contributed by atoms with Crippen molar-refractivity contribution in [2.24, 2.45) is 0 Å². The minimum Gasteiger partial charge on any atom is -0.385 e. The number of rotatable bonds is 9. The van der Waals surface area contributed by atoms with E-state index in [1.54, 1.807) is 13.3 Å². The van der Waals surface area contributed by atoms with Gasteiger partial charge in [-0.15, -0.1) is 0 Å². The second-order valence-corrected chi connectivity index (χ2v) is 4.31. The summed E-state index contributed by atoms with van der Waals surface area (Å²) in [6.45, 7) is 4.46. The normalized spacial score (nSPS) is 10.4. The molecule has 0 aliphatic heterocycles. The first-order valence-electron chi connectivity index (χ1n) is 6.27. The van der Waals surface area contributed by atoms with E-state index in [9.17, 15) is 0 Å². The van der Waals surface area contributed by atoms with Gasteiger partial charge in [0, 0.05) is 26.8 Å². The average molecular weight is 273 g/mol. The van der Waals surface area contributed by atoms with Crippen molar-refractivity contribution in [2.45, 2.75) is 26.2 Å². The zero-order chi connectivity index (χ0) is 13.2. The van der Waals surface area contributed by atoms with Crippen LogP contribution in [0.15, 0.2) is 6.20 Å². The SMILES string of the molecule is CCNc1ncc(Cl)c(NCCCCCOC)n1. The van der Waals surface area contributed by atoms with Crippen LogP contribution in [-0.4, -0.2) is 36.8 Å². The molecule has 5 nitrogen and oxygen atoms in total. The Balaban J connectivity index is 2.34. The standard InChI is InChI=1S/C12H21ClN4O/c1-3-14-12-16-9-10(13)11(17-12)15-7-5-4-6-8-18-2/h9H,3-8H2,1-2H3,(H2,14,15,16,17). The van der Waals surface area contributed by atoms with Crippen LogP contribution in [0.5, 0.6) is 0 Å². The molecule has 0 aliphatic carbocycles. The van der Waals surface area contributed by atoms with E-state index < -0.39 is 0 Å². The lowest BCUT2D eigenvalue weighted by molar-refractivity contribution is 0.192. The lowest BCUT2D eigenvalue weighted by atomic mass is 10.2. The summed E-state index contributed by atoms with van der Waals surface area (Å²) < 4.78 is 5.00. The Morgan fingerprint density at radius 3 is 2.83 bits per heavy atom. The summed E-state index contributed by atoms with van der Waals surface area (Å²) in [4.78, 5) is 8.39. The van der Waals surface area contributed by atoms with E-state index in [0.29, 0.717) is 16.8 Å². The van der Waals surface area contributed by atoms with Crippen LogP contribution in [0.2, 0.25) is 5.02 Å². The van der Waals surface area contributed by atoms with Crippen LogP contribution < -0.4 is 10.6 Å². The van der Waals surface area contributed by atoms with E-state index in [0.717, 1.165) is 39.0 Å². The van der Waals surface area contributed by atoms with Crippen molar-refractivity contribution in [1.82, 2.24) is 9.97 Å². The Bertz CT molecular complexity index is 349. The molecule has 18 heavy (non-hydrogen) atoms. The van der Waals surface area contributed by atoms with E-state index in [-0.39, 0.29) is 0 Å². The molecule has 0 aromatic carbocycles. The summed E-state index contributed by atoms with van der Waals surface area (Å²) >= 11 is 6.02. The third-order valence-electron chi connectivity index (χ3n) is 2.40. The van der Waals surface area contributed by atoms with Gasteiger partial charge >= 0.3 is 0 Å². The van der Waals surface area contributed by atoms with Gasteiger partial charge in [-0.05, 0) is 26.2 Å². The lowest BCUT2D eigenvalue weighted by Crippen LogP contribution is -2.08. The van der Waals surface area contributed by atoms with Gasteiger partial charge in [0.25, 0.3) is 0 Å². The molecular weight excluding hydrogens is 252 g/mol. The van der Waals surface area contributed by atoms with Crippen molar-refractivity contribution < 1.29 is 4.74 Å². The summed E-state index contributed by atoms with van der Waals surface area (Å²) in [6, 6.07) is 0. The first kappa shape index (κ1) is 15.0. The van der Waals surface area contributed by atoms with Crippen LogP contribution in [0.25, 0.3) is 0 Å². The number of nitrogens with zero attached hydrogens (tertiary/aromatic N) is 2. The highest BCUT2D eigenvalue weighted by atomic mass is 35.5. The van der Waals surface area contributed by atoms with Crippen molar-refractivity contribution >= 4 is 23.4 Å². The molecule has 0 fully saturated rings. The van der Waals surface area contributed by atoms with Gasteiger partial charge in [-0.1, -0.05) is 11.6 Å². The zero-order valence-corrected chi connectivity index (χ0v) is 11.8. The number of ether oxygens (including phenoxy) is 1. The minimum atomic E-state index is 0.550. The highest BCUT2D eigenvalue weighted by Gasteiger charge is 2.03. The number of aromatic nitrogens is 2. The van der Waals surface area contributed by atoms with Crippen LogP contribution in [0.1, 0.15) is 26.2 Å². The van der Waals surface area contributed by atoms with Crippen molar-refractivity contribution in [3.63, 3.8) is 0 Å². The number of nitrogens with one attached hydrogen (secondary N) is 2. The molecule has 0 bridgehead atoms. The molecule has 0 unspecified atom stereocenters. The van der Waals surface area contributed by atoms with Crippen LogP contribution in [0, 0.1) is 0 Å². The monoisotopic (exact) mass is 272 g/mol. The highest BCUT2D eigenvalue weighted by molar-refractivity contribution is 6.32. The zero-order valence-electron chi connectivity index (χ0n) is 11.0. The van der Waals surface area contributed by atoms with E-state index in [2.05, 4.69) is 20.6 Å². The summed E-state index contributed by atoms with van der Waals surface area (Å²) in [7, 11) is 1.72. The van der Waals surface area contributed by atoms with E-state index in [1.165, 1.54) is 0 Å². The fourth-order valence-corrected chi connectivity index (χ4v) is 1.65. The van der Waals surface area contributed by atoms with Crippen LogP contribution in [-0.2, 0) is 4.74 Å². The Morgan fingerprint density at radius 2 is 2.11 bits per heavy atom. The minimum absolute atomic E-state index is 0.550. The molecule has 0 spiro atoms. The second-order valence-electron chi connectivity index (χ2n) is 3.90. The predicted molar refractivity (Wildman–Crippen MR) is 75.4 cm³/mol. The third-order valence-corrected chi connectivity index (χ3v) is 2.67. The molecule has 1 aromatic heterocycles. The molecule has 2 N–H and O–H groups in total. The topological polar surface area (TPSA) is 59.1 Å².